The van der Waals surface area contributed by atoms with Gasteiger partial charge in [0.15, 0.2) is 15.6 Å². The minimum Gasteiger partial charge on any atom is -0.459 e. The first-order valence-electron chi connectivity index (χ1n) is 5.00. The first kappa shape index (κ1) is 11.2. The van der Waals surface area contributed by atoms with Gasteiger partial charge in [0.25, 0.3) is 5.91 Å². The fraction of sp³-hybridized carbons (Fsp3) is 0.500. The number of sulfone groups is 1. The van der Waals surface area contributed by atoms with Gasteiger partial charge in [-0.1, -0.05) is 0 Å². The Labute approximate surface area is 94.0 Å². The van der Waals surface area contributed by atoms with Crippen LogP contribution in [-0.2, 0) is 9.84 Å². The monoisotopic (exact) mass is 243 g/mol. The van der Waals surface area contributed by atoms with Gasteiger partial charge >= 0.3 is 0 Å². The second-order valence-electron chi connectivity index (χ2n) is 3.97. The molecule has 0 aliphatic carbocycles. The average molecular weight is 243 g/mol. The topological polar surface area (TPSA) is 67.6 Å². The molecule has 1 fully saturated rings. The zero-order valence-corrected chi connectivity index (χ0v) is 9.74. The molecule has 0 aromatic carbocycles. The van der Waals surface area contributed by atoms with Gasteiger partial charge in [-0.05, 0) is 18.6 Å². The molecule has 0 radical (unpaired) electrons. The minimum atomic E-state index is -3.06. The zero-order valence-electron chi connectivity index (χ0n) is 8.92. The molecular formula is C10H13NO4S. The number of nitrogens with zero attached hydrogens (tertiary/aromatic N) is 1. The van der Waals surface area contributed by atoms with Crippen LogP contribution < -0.4 is 0 Å². The number of carbonyl (C=O) groups is 1. The van der Waals surface area contributed by atoms with Crippen molar-refractivity contribution in [1.82, 2.24) is 4.90 Å². The van der Waals surface area contributed by atoms with Crippen molar-refractivity contribution in [1.29, 1.82) is 0 Å². The molecule has 1 aromatic heterocycles. The van der Waals surface area contributed by atoms with Gasteiger partial charge in [-0.15, -0.1) is 0 Å². The number of furan rings is 1. The van der Waals surface area contributed by atoms with E-state index in [0.29, 0.717) is 13.0 Å². The summed E-state index contributed by atoms with van der Waals surface area (Å²) in [7, 11) is -3.06. The summed E-state index contributed by atoms with van der Waals surface area (Å²) in [6, 6.07) is 3.22. The predicted octanol–water partition coefficient (Wildman–Crippen LogP) is 0.539. The summed E-state index contributed by atoms with van der Waals surface area (Å²) >= 11 is 0. The van der Waals surface area contributed by atoms with Crippen LogP contribution >= 0.6 is 0 Å². The quantitative estimate of drug-likeness (QED) is 0.760. The van der Waals surface area contributed by atoms with Crippen molar-refractivity contribution in [3.8, 4) is 0 Å². The maximum absolute atomic E-state index is 11.8. The normalized spacial score (nSPS) is 21.3. The lowest BCUT2D eigenvalue weighted by atomic mass is 10.4. The van der Waals surface area contributed by atoms with E-state index in [1.807, 2.05) is 0 Å². The van der Waals surface area contributed by atoms with Crippen LogP contribution in [-0.4, -0.2) is 43.8 Å². The highest BCUT2D eigenvalue weighted by atomic mass is 32.2. The molecule has 1 aliphatic heterocycles. The van der Waals surface area contributed by atoms with Crippen LogP contribution in [0.5, 0.6) is 0 Å². The number of carbonyl (C=O) groups excluding carboxylic acids is 1. The van der Waals surface area contributed by atoms with Crippen molar-refractivity contribution in [2.75, 3.05) is 19.3 Å². The summed E-state index contributed by atoms with van der Waals surface area (Å²) in [5.41, 5.74) is 0. The van der Waals surface area contributed by atoms with Crippen molar-refractivity contribution < 1.29 is 17.6 Å². The molecule has 1 saturated heterocycles. The molecule has 5 nitrogen and oxygen atoms in total. The molecule has 0 saturated carbocycles. The smallest absolute Gasteiger partial charge is 0.289 e. The zero-order chi connectivity index (χ0) is 11.8. The molecule has 2 rings (SSSR count). The van der Waals surface area contributed by atoms with E-state index < -0.39 is 15.1 Å². The minimum absolute atomic E-state index is 0.240. The first-order valence-corrected chi connectivity index (χ1v) is 6.95. The van der Waals surface area contributed by atoms with Crippen LogP contribution in [0, 0.1) is 0 Å². The number of hydrogen-bond donors (Lipinski definition) is 0. The molecular weight excluding hydrogens is 230 g/mol. The van der Waals surface area contributed by atoms with Gasteiger partial charge in [-0.2, -0.15) is 0 Å². The van der Waals surface area contributed by atoms with Crippen LogP contribution in [0.25, 0.3) is 0 Å². The van der Waals surface area contributed by atoms with E-state index in [1.165, 1.54) is 17.4 Å². The van der Waals surface area contributed by atoms with Gasteiger partial charge < -0.3 is 9.32 Å². The van der Waals surface area contributed by atoms with Gasteiger partial charge in [-0.3, -0.25) is 4.79 Å². The molecule has 88 valence electrons. The number of rotatable bonds is 2. The number of likely N-dealkylation sites (tertiary alicyclic amines) is 1. The SMILES string of the molecule is CS(=O)(=O)[C@@H]1CCN(C(=O)c2ccco2)C1. The maximum atomic E-state index is 11.8. The number of hydrogen-bond acceptors (Lipinski definition) is 4. The Morgan fingerprint density at radius 1 is 1.56 bits per heavy atom. The Morgan fingerprint density at radius 2 is 2.31 bits per heavy atom. The molecule has 0 N–H and O–H groups in total. The Bertz CT molecular complexity index is 477. The molecule has 1 aromatic rings. The van der Waals surface area contributed by atoms with Crippen molar-refractivity contribution in [2.45, 2.75) is 11.7 Å². The van der Waals surface area contributed by atoms with Crippen LogP contribution in [0.2, 0.25) is 0 Å². The van der Waals surface area contributed by atoms with Crippen LogP contribution in [0.4, 0.5) is 0 Å². The van der Waals surface area contributed by atoms with Crippen molar-refractivity contribution in [2.24, 2.45) is 0 Å². The Balaban J connectivity index is 2.08. The standard InChI is InChI=1S/C10H13NO4S/c1-16(13,14)8-4-5-11(7-8)10(12)9-3-2-6-15-9/h2-3,6,8H,4-5,7H2,1H3/t8-/m1/s1. The fourth-order valence-corrected chi connectivity index (χ4v) is 2.80. The van der Waals surface area contributed by atoms with E-state index in [1.54, 1.807) is 12.1 Å². The highest BCUT2D eigenvalue weighted by molar-refractivity contribution is 7.91. The van der Waals surface area contributed by atoms with E-state index in [0.717, 1.165) is 0 Å². The Morgan fingerprint density at radius 3 is 2.81 bits per heavy atom. The molecule has 1 amide bonds. The van der Waals surface area contributed by atoms with Gasteiger partial charge in [0.2, 0.25) is 0 Å². The second-order valence-corrected chi connectivity index (χ2v) is 6.29. The van der Waals surface area contributed by atoms with E-state index in [2.05, 4.69) is 0 Å². The van der Waals surface area contributed by atoms with Gasteiger partial charge in [-0.25, -0.2) is 8.42 Å². The highest BCUT2D eigenvalue weighted by Crippen LogP contribution is 2.18. The van der Waals surface area contributed by atoms with Crippen molar-refractivity contribution >= 4 is 15.7 Å². The lowest BCUT2D eigenvalue weighted by Crippen LogP contribution is -2.31. The third kappa shape index (κ3) is 2.11. The third-order valence-corrected chi connectivity index (χ3v) is 4.37. The largest absolute Gasteiger partial charge is 0.459 e. The van der Waals surface area contributed by atoms with Gasteiger partial charge in [0, 0.05) is 19.3 Å². The highest BCUT2D eigenvalue weighted by Gasteiger charge is 2.33. The van der Waals surface area contributed by atoms with E-state index in [9.17, 15) is 13.2 Å². The summed E-state index contributed by atoms with van der Waals surface area (Å²) in [6.45, 7) is 0.732. The van der Waals surface area contributed by atoms with Crippen LogP contribution in [0.1, 0.15) is 17.0 Å². The van der Waals surface area contributed by atoms with Gasteiger partial charge in [0.05, 0.1) is 11.5 Å². The molecule has 16 heavy (non-hydrogen) atoms. The average Bonchev–Trinajstić information content (AvgIpc) is 2.87. The summed E-state index contributed by atoms with van der Waals surface area (Å²) in [6.07, 6.45) is 3.14. The molecule has 1 atom stereocenters. The fourth-order valence-electron chi connectivity index (χ4n) is 1.82. The Hall–Kier alpha value is -1.30. The molecule has 2 heterocycles. The lowest BCUT2D eigenvalue weighted by Gasteiger charge is -2.14. The lowest BCUT2D eigenvalue weighted by molar-refractivity contribution is 0.0761. The summed E-state index contributed by atoms with van der Waals surface area (Å²) in [5, 5.41) is -0.439. The summed E-state index contributed by atoms with van der Waals surface area (Å²) in [4.78, 5) is 13.3. The van der Waals surface area contributed by atoms with Gasteiger partial charge in [0.1, 0.15) is 0 Å². The second kappa shape index (κ2) is 3.93. The Kier molecular flexibility index (Phi) is 2.75. The van der Waals surface area contributed by atoms with Crippen LogP contribution in [0.15, 0.2) is 22.8 Å². The first-order chi connectivity index (χ1) is 7.48. The maximum Gasteiger partial charge on any atom is 0.289 e. The van der Waals surface area contributed by atoms with Crippen molar-refractivity contribution in [3.05, 3.63) is 24.2 Å². The van der Waals surface area contributed by atoms with E-state index >= 15 is 0 Å². The number of amides is 1. The predicted molar refractivity (Wildman–Crippen MR) is 57.9 cm³/mol. The molecule has 0 spiro atoms. The molecule has 0 bridgehead atoms. The summed E-state index contributed by atoms with van der Waals surface area (Å²) in [5.74, 6) is 0.0188. The van der Waals surface area contributed by atoms with E-state index in [4.69, 9.17) is 4.42 Å². The molecule has 0 unspecified atom stereocenters. The third-order valence-electron chi connectivity index (χ3n) is 2.77. The molecule has 6 heteroatoms. The summed E-state index contributed by atoms with van der Waals surface area (Å²) < 4.78 is 27.6. The van der Waals surface area contributed by atoms with Crippen LogP contribution in [0.3, 0.4) is 0 Å². The molecule has 1 aliphatic rings. The van der Waals surface area contributed by atoms with Crippen molar-refractivity contribution in [3.63, 3.8) is 0 Å². The van der Waals surface area contributed by atoms with E-state index in [-0.39, 0.29) is 18.2 Å².